The molecule has 14 heavy (non-hydrogen) atoms. The van der Waals surface area contributed by atoms with Gasteiger partial charge in [0.1, 0.15) is 0 Å². The first-order chi connectivity index (χ1) is 6.59. The van der Waals surface area contributed by atoms with Crippen molar-refractivity contribution in [3.63, 3.8) is 0 Å². The fourth-order valence-electron chi connectivity index (χ4n) is 1.72. The maximum Gasteiger partial charge on any atom is 0.163 e. The number of nitrogens with one attached hydrogen (secondary N) is 1. The standard InChI is InChI=1S/C10H21NO2S/c1-10(2)12-6-9(13-10)8(5-11-3)7-14-4/h8-9,11H,5-7H2,1-4H3/t8-,9-/m0/s1. The summed E-state index contributed by atoms with van der Waals surface area (Å²) in [5.41, 5.74) is 0. The summed E-state index contributed by atoms with van der Waals surface area (Å²) < 4.78 is 11.4. The van der Waals surface area contributed by atoms with Gasteiger partial charge in [-0.3, -0.25) is 0 Å². The Morgan fingerprint density at radius 2 is 2.29 bits per heavy atom. The third-order valence-electron chi connectivity index (χ3n) is 2.40. The van der Waals surface area contributed by atoms with Crippen molar-refractivity contribution in [2.24, 2.45) is 5.92 Å². The van der Waals surface area contributed by atoms with Crippen LogP contribution in [0, 0.1) is 5.92 Å². The summed E-state index contributed by atoms with van der Waals surface area (Å²) in [6, 6.07) is 0. The first-order valence-electron chi connectivity index (χ1n) is 5.04. The van der Waals surface area contributed by atoms with Gasteiger partial charge in [-0.15, -0.1) is 0 Å². The van der Waals surface area contributed by atoms with Crippen molar-refractivity contribution in [2.45, 2.75) is 25.7 Å². The minimum Gasteiger partial charge on any atom is -0.348 e. The average Bonchev–Trinajstić information content (AvgIpc) is 2.46. The molecule has 0 bridgehead atoms. The molecule has 3 nitrogen and oxygen atoms in total. The number of rotatable bonds is 5. The summed E-state index contributed by atoms with van der Waals surface area (Å²) in [5, 5.41) is 3.21. The first-order valence-corrected chi connectivity index (χ1v) is 6.44. The first kappa shape index (κ1) is 12.3. The van der Waals surface area contributed by atoms with Crippen molar-refractivity contribution in [3.8, 4) is 0 Å². The van der Waals surface area contributed by atoms with Gasteiger partial charge in [0.25, 0.3) is 0 Å². The Bertz CT molecular complexity index is 170. The van der Waals surface area contributed by atoms with Gasteiger partial charge in [0, 0.05) is 12.5 Å². The van der Waals surface area contributed by atoms with Crippen molar-refractivity contribution in [2.75, 3.05) is 32.2 Å². The molecule has 1 aliphatic rings. The zero-order valence-electron chi connectivity index (χ0n) is 9.50. The highest BCUT2D eigenvalue weighted by atomic mass is 32.2. The Hall–Kier alpha value is 0.230. The van der Waals surface area contributed by atoms with Crippen LogP contribution in [0.1, 0.15) is 13.8 Å². The molecule has 0 unspecified atom stereocenters. The smallest absolute Gasteiger partial charge is 0.163 e. The van der Waals surface area contributed by atoms with E-state index < -0.39 is 5.79 Å². The maximum absolute atomic E-state index is 5.84. The molecule has 4 heteroatoms. The predicted octanol–water partition coefficient (Wildman–Crippen LogP) is 1.34. The SMILES string of the molecule is CNC[C@@H](CSC)[C@@H]1COC(C)(C)O1. The molecule has 0 aliphatic carbocycles. The second kappa shape index (κ2) is 5.35. The van der Waals surface area contributed by atoms with Crippen LogP contribution in [0.15, 0.2) is 0 Å². The Morgan fingerprint density at radius 1 is 1.57 bits per heavy atom. The molecule has 0 saturated carbocycles. The van der Waals surface area contributed by atoms with Crippen LogP contribution < -0.4 is 5.32 Å². The van der Waals surface area contributed by atoms with Gasteiger partial charge in [0.05, 0.1) is 12.7 Å². The average molecular weight is 219 g/mol. The van der Waals surface area contributed by atoms with Crippen LogP contribution in [0.25, 0.3) is 0 Å². The fraction of sp³-hybridized carbons (Fsp3) is 1.00. The minimum absolute atomic E-state index is 0.241. The van der Waals surface area contributed by atoms with Gasteiger partial charge in [0.15, 0.2) is 5.79 Å². The normalized spacial score (nSPS) is 27.9. The van der Waals surface area contributed by atoms with E-state index in [0.717, 1.165) is 18.9 Å². The van der Waals surface area contributed by atoms with Crippen LogP contribution in [0.4, 0.5) is 0 Å². The van der Waals surface area contributed by atoms with Gasteiger partial charge in [-0.05, 0) is 32.9 Å². The third kappa shape index (κ3) is 3.42. The van der Waals surface area contributed by atoms with Gasteiger partial charge in [-0.1, -0.05) is 0 Å². The number of hydrogen-bond donors (Lipinski definition) is 1. The molecule has 0 aromatic heterocycles. The second-order valence-corrected chi connectivity index (χ2v) is 5.05. The molecule has 84 valence electrons. The van der Waals surface area contributed by atoms with Gasteiger partial charge in [-0.2, -0.15) is 11.8 Å². The number of hydrogen-bond acceptors (Lipinski definition) is 4. The summed E-state index contributed by atoms with van der Waals surface area (Å²) in [6.45, 7) is 5.66. The molecule has 0 amide bonds. The van der Waals surface area contributed by atoms with E-state index >= 15 is 0 Å². The largest absolute Gasteiger partial charge is 0.348 e. The van der Waals surface area contributed by atoms with Crippen molar-refractivity contribution in [1.29, 1.82) is 0 Å². The highest BCUT2D eigenvalue weighted by Gasteiger charge is 2.36. The molecule has 0 radical (unpaired) electrons. The Kier molecular flexibility index (Phi) is 4.70. The molecule has 2 atom stereocenters. The minimum atomic E-state index is -0.394. The summed E-state index contributed by atoms with van der Waals surface area (Å²) in [5.74, 6) is 1.26. The van der Waals surface area contributed by atoms with E-state index in [0.29, 0.717) is 5.92 Å². The Morgan fingerprint density at radius 3 is 2.71 bits per heavy atom. The monoisotopic (exact) mass is 219 g/mol. The zero-order valence-corrected chi connectivity index (χ0v) is 10.3. The van der Waals surface area contributed by atoms with Crippen molar-refractivity contribution >= 4 is 11.8 Å². The molecular formula is C10H21NO2S. The van der Waals surface area contributed by atoms with E-state index in [-0.39, 0.29) is 6.10 Å². The molecular weight excluding hydrogens is 198 g/mol. The molecule has 1 rings (SSSR count). The van der Waals surface area contributed by atoms with Crippen LogP contribution in [-0.4, -0.2) is 44.1 Å². The molecule has 1 N–H and O–H groups in total. The van der Waals surface area contributed by atoms with Gasteiger partial charge < -0.3 is 14.8 Å². The zero-order chi connectivity index (χ0) is 10.6. The molecule has 0 aromatic carbocycles. The number of ether oxygens (including phenoxy) is 2. The van der Waals surface area contributed by atoms with E-state index in [2.05, 4.69) is 11.6 Å². The van der Waals surface area contributed by atoms with E-state index in [1.807, 2.05) is 32.7 Å². The van der Waals surface area contributed by atoms with Crippen LogP contribution in [0.3, 0.4) is 0 Å². The highest BCUT2D eigenvalue weighted by molar-refractivity contribution is 7.98. The topological polar surface area (TPSA) is 30.5 Å². The quantitative estimate of drug-likeness (QED) is 0.756. The third-order valence-corrected chi connectivity index (χ3v) is 3.16. The van der Waals surface area contributed by atoms with Crippen LogP contribution >= 0.6 is 11.8 Å². The Labute approximate surface area is 90.9 Å². The lowest BCUT2D eigenvalue weighted by Crippen LogP contribution is -2.34. The van der Waals surface area contributed by atoms with E-state index in [4.69, 9.17) is 9.47 Å². The predicted molar refractivity (Wildman–Crippen MR) is 60.7 cm³/mol. The molecule has 0 spiro atoms. The van der Waals surface area contributed by atoms with Gasteiger partial charge in [-0.25, -0.2) is 0 Å². The molecule has 1 saturated heterocycles. The summed E-state index contributed by atoms with van der Waals surface area (Å²) in [4.78, 5) is 0. The van der Waals surface area contributed by atoms with Crippen LogP contribution in [-0.2, 0) is 9.47 Å². The van der Waals surface area contributed by atoms with Gasteiger partial charge in [0.2, 0.25) is 0 Å². The summed E-state index contributed by atoms with van der Waals surface area (Å²) in [6.07, 6.45) is 2.37. The molecule has 1 fully saturated rings. The van der Waals surface area contributed by atoms with Gasteiger partial charge >= 0.3 is 0 Å². The molecule has 0 aromatic rings. The highest BCUT2D eigenvalue weighted by Crippen LogP contribution is 2.27. The van der Waals surface area contributed by atoms with Crippen LogP contribution in [0.2, 0.25) is 0 Å². The lowest BCUT2D eigenvalue weighted by Gasteiger charge is -2.23. The van der Waals surface area contributed by atoms with Crippen LogP contribution in [0.5, 0.6) is 0 Å². The van der Waals surface area contributed by atoms with Crippen molar-refractivity contribution in [1.82, 2.24) is 5.32 Å². The van der Waals surface area contributed by atoms with E-state index in [1.54, 1.807) is 0 Å². The van der Waals surface area contributed by atoms with Crippen molar-refractivity contribution < 1.29 is 9.47 Å². The lowest BCUT2D eigenvalue weighted by atomic mass is 10.1. The van der Waals surface area contributed by atoms with Crippen molar-refractivity contribution in [3.05, 3.63) is 0 Å². The number of thioether (sulfide) groups is 1. The molecule has 1 heterocycles. The van der Waals surface area contributed by atoms with E-state index in [1.165, 1.54) is 0 Å². The lowest BCUT2D eigenvalue weighted by molar-refractivity contribution is -0.143. The molecule has 1 aliphatic heterocycles. The van der Waals surface area contributed by atoms with E-state index in [9.17, 15) is 0 Å². The summed E-state index contributed by atoms with van der Waals surface area (Å²) >= 11 is 1.86. The summed E-state index contributed by atoms with van der Waals surface area (Å²) in [7, 11) is 1.98. The maximum atomic E-state index is 5.84. The fourth-order valence-corrected chi connectivity index (χ4v) is 2.48. The Balaban J connectivity index is 2.44. The second-order valence-electron chi connectivity index (χ2n) is 4.14.